The molecule has 9 nitrogen and oxygen atoms in total. The Hall–Kier alpha value is -3.69. The third-order valence-electron chi connectivity index (χ3n) is 6.45. The summed E-state index contributed by atoms with van der Waals surface area (Å²) in [6.07, 6.45) is 1.10. The highest BCUT2D eigenvalue weighted by Crippen LogP contribution is 2.22. The molecule has 2 aromatic carbocycles. The maximum absolute atomic E-state index is 13.2. The van der Waals surface area contributed by atoms with Gasteiger partial charge in [0.1, 0.15) is 10.7 Å². The van der Waals surface area contributed by atoms with Crippen LogP contribution in [0.5, 0.6) is 5.88 Å². The van der Waals surface area contributed by atoms with Gasteiger partial charge < -0.3 is 26.0 Å². The fourth-order valence-electron chi connectivity index (χ4n) is 4.49. The van der Waals surface area contributed by atoms with E-state index in [-0.39, 0.29) is 47.9 Å². The summed E-state index contributed by atoms with van der Waals surface area (Å²) in [5.41, 5.74) is 0.116. The highest BCUT2D eigenvalue weighted by molar-refractivity contribution is 6.29. The number of rotatable bonds is 9. The molecule has 0 atom stereocenters. The molecule has 2 heterocycles. The van der Waals surface area contributed by atoms with Crippen LogP contribution in [0.1, 0.15) is 28.8 Å². The Bertz CT molecular complexity index is 1290. The number of nitrogens with zero attached hydrogens (tertiary/aromatic N) is 1. The number of fused-ring (bicyclic) bond motifs is 1. The predicted molar refractivity (Wildman–Crippen MR) is 142 cm³/mol. The summed E-state index contributed by atoms with van der Waals surface area (Å²) >= 11 is 6.01. The van der Waals surface area contributed by atoms with Crippen molar-refractivity contribution in [3.63, 3.8) is 0 Å². The van der Waals surface area contributed by atoms with Gasteiger partial charge >= 0.3 is 0 Å². The average Bonchev–Trinajstić information content (AvgIpc) is 2.91. The van der Waals surface area contributed by atoms with E-state index < -0.39 is 11.4 Å². The van der Waals surface area contributed by atoms with E-state index in [4.69, 9.17) is 16.3 Å². The van der Waals surface area contributed by atoms with Gasteiger partial charge in [-0.05, 0) is 48.3 Å². The van der Waals surface area contributed by atoms with E-state index >= 15 is 0 Å². The van der Waals surface area contributed by atoms with Crippen LogP contribution in [-0.2, 0) is 16.0 Å². The van der Waals surface area contributed by atoms with Gasteiger partial charge in [0, 0.05) is 24.7 Å². The number of hydrogen-bond donors (Lipinski definition) is 4. The van der Waals surface area contributed by atoms with Crippen LogP contribution in [-0.4, -0.2) is 61.5 Å². The number of carbonyl (C=O) groups is 3. The number of piperidine rings is 1. The van der Waals surface area contributed by atoms with Crippen LogP contribution in [0.25, 0.3) is 10.8 Å². The number of aromatic nitrogens is 1. The third-order valence-corrected chi connectivity index (χ3v) is 6.64. The van der Waals surface area contributed by atoms with Crippen LogP contribution >= 0.6 is 11.6 Å². The van der Waals surface area contributed by atoms with E-state index in [1.54, 1.807) is 0 Å². The van der Waals surface area contributed by atoms with Crippen molar-refractivity contribution in [1.29, 1.82) is 0 Å². The number of carbonyl (C=O) groups excluding carboxylic acids is 3. The highest BCUT2D eigenvalue weighted by Gasteiger charge is 2.41. The lowest BCUT2D eigenvalue weighted by atomic mass is 9.86. The lowest BCUT2D eigenvalue weighted by Crippen LogP contribution is -2.63. The fraction of sp³-hybridized carbons (Fsp3) is 0.333. The Morgan fingerprint density at radius 2 is 1.76 bits per heavy atom. The van der Waals surface area contributed by atoms with Crippen molar-refractivity contribution in [2.24, 2.45) is 0 Å². The van der Waals surface area contributed by atoms with Crippen molar-refractivity contribution in [1.82, 2.24) is 26.3 Å². The molecule has 1 aromatic heterocycles. The second-order valence-corrected chi connectivity index (χ2v) is 9.32. The zero-order valence-corrected chi connectivity index (χ0v) is 21.4. The van der Waals surface area contributed by atoms with E-state index in [1.165, 1.54) is 19.2 Å². The topological polar surface area (TPSA) is 121 Å². The minimum Gasteiger partial charge on any atom is -0.481 e. The molecule has 3 aromatic rings. The molecule has 1 fully saturated rings. The molecular weight excluding hydrogens is 494 g/mol. The molecule has 0 saturated carbocycles. The monoisotopic (exact) mass is 523 g/mol. The predicted octanol–water partition coefficient (Wildman–Crippen LogP) is 2.22. The van der Waals surface area contributed by atoms with Gasteiger partial charge in [0.15, 0.2) is 0 Å². The first-order chi connectivity index (χ1) is 17.9. The van der Waals surface area contributed by atoms with Gasteiger partial charge in [-0.25, -0.2) is 4.98 Å². The third kappa shape index (κ3) is 6.55. The molecule has 37 heavy (non-hydrogen) atoms. The summed E-state index contributed by atoms with van der Waals surface area (Å²) in [5, 5.41) is 14.1. The van der Waals surface area contributed by atoms with E-state index in [1.807, 2.05) is 42.5 Å². The zero-order chi connectivity index (χ0) is 26.3. The molecule has 1 saturated heterocycles. The van der Waals surface area contributed by atoms with Crippen LogP contribution in [0.3, 0.4) is 0 Å². The van der Waals surface area contributed by atoms with Gasteiger partial charge in [0.05, 0.1) is 13.5 Å². The number of ether oxygens (including phenoxy) is 1. The van der Waals surface area contributed by atoms with Crippen molar-refractivity contribution in [3.05, 3.63) is 70.9 Å². The summed E-state index contributed by atoms with van der Waals surface area (Å²) in [5.74, 6) is -0.652. The smallest absolute Gasteiger partial charge is 0.252 e. The molecule has 4 rings (SSSR count). The minimum atomic E-state index is -1.09. The van der Waals surface area contributed by atoms with E-state index in [2.05, 4.69) is 26.3 Å². The number of methoxy groups -OCH3 is 1. The van der Waals surface area contributed by atoms with E-state index in [0.717, 1.165) is 16.3 Å². The second kappa shape index (κ2) is 12.0. The standard InChI is InChI=1S/C27H30ClN5O4/c1-37-24-17-20(15-22(28)32-24)25(35)33-27(9-11-29-12-10-27)26(36)31-14-13-30-23(34)16-19-7-4-6-18-5-2-3-8-21(18)19/h2-8,15,17,29H,9-14,16H2,1H3,(H,30,34)(H,31,36)(H,33,35). The number of hydrogen-bond acceptors (Lipinski definition) is 6. The Morgan fingerprint density at radius 3 is 2.54 bits per heavy atom. The van der Waals surface area contributed by atoms with Crippen LogP contribution < -0.4 is 26.0 Å². The molecule has 1 aliphatic heterocycles. The molecule has 0 spiro atoms. The van der Waals surface area contributed by atoms with Crippen molar-refractivity contribution in [2.75, 3.05) is 33.3 Å². The number of pyridine rings is 1. The molecule has 0 unspecified atom stereocenters. The SMILES string of the molecule is COc1cc(C(=O)NC2(C(=O)NCCNC(=O)Cc3cccc4ccccc34)CCNCC2)cc(Cl)n1. The minimum absolute atomic E-state index is 0.118. The van der Waals surface area contributed by atoms with Crippen LogP contribution in [0.2, 0.25) is 5.15 Å². The van der Waals surface area contributed by atoms with Crippen LogP contribution in [0.4, 0.5) is 0 Å². The number of amides is 3. The molecule has 194 valence electrons. The number of halogens is 1. The van der Waals surface area contributed by atoms with Crippen molar-refractivity contribution in [2.45, 2.75) is 24.8 Å². The molecular formula is C27H30ClN5O4. The molecule has 4 N–H and O–H groups in total. The normalized spacial score (nSPS) is 14.5. The summed E-state index contributed by atoms with van der Waals surface area (Å²) in [7, 11) is 1.43. The summed E-state index contributed by atoms with van der Waals surface area (Å²) in [6.45, 7) is 1.67. The molecule has 10 heteroatoms. The lowest BCUT2D eigenvalue weighted by molar-refractivity contribution is -0.128. The number of nitrogens with one attached hydrogen (secondary N) is 4. The Morgan fingerprint density at radius 1 is 1.03 bits per heavy atom. The van der Waals surface area contributed by atoms with Gasteiger partial charge in [-0.1, -0.05) is 54.1 Å². The van der Waals surface area contributed by atoms with Gasteiger partial charge in [0.2, 0.25) is 17.7 Å². The summed E-state index contributed by atoms with van der Waals surface area (Å²) in [4.78, 5) is 42.8. The lowest BCUT2D eigenvalue weighted by Gasteiger charge is -2.37. The zero-order valence-electron chi connectivity index (χ0n) is 20.6. The first-order valence-corrected chi connectivity index (χ1v) is 12.5. The van der Waals surface area contributed by atoms with Gasteiger partial charge in [-0.2, -0.15) is 0 Å². The first-order valence-electron chi connectivity index (χ1n) is 12.2. The highest BCUT2D eigenvalue weighted by atomic mass is 35.5. The van der Waals surface area contributed by atoms with Crippen molar-refractivity contribution < 1.29 is 19.1 Å². The summed E-state index contributed by atoms with van der Waals surface area (Å²) < 4.78 is 5.09. The van der Waals surface area contributed by atoms with E-state index in [0.29, 0.717) is 25.9 Å². The van der Waals surface area contributed by atoms with Crippen molar-refractivity contribution in [3.8, 4) is 5.88 Å². The maximum atomic E-state index is 13.2. The number of benzene rings is 2. The molecule has 3 amide bonds. The van der Waals surface area contributed by atoms with Gasteiger partial charge in [-0.15, -0.1) is 0 Å². The van der Waals surface area contributed by atoms with Crippen LogP contribution in [0, 0.1) is 0 Å². The van der Waals surface area contributed by atoms with Gasteiger partial charge in [-0.3, -0.25) is 14.4 Å². The van der Waals surface area contributed by atoms with Crippen molar-refractivity contribution >= 4 is 40.1 Å². The average molecular weight is 524 g/mol. The van der Waals surface area contributed by atoms with E-state index in [9.17, 15) is 14.4 Å². The quantitative estimate of drug-likeness (QED) is 0.252. The maximum Gasteiger partial charge on any atom is 0.252 e. The molecule has 0 bridgehead atoms. The second-order valence-electron chi connectivity index (χ2n) is 8.93. The Labute approximate surface area is 220 Å². The largest absolute Gasteiger partial charge is 0.481 e. The Kier molecular flexibility index (Phi) is 8.58. The van der Waals surface area contributed by atoms with Gasteiger partial charge in [0.25, 0.3) is 5.91 Å². The molecule has 0 aliphatic carbocycles. The van der Waals surface area contributed by atoms with Crippen LogP contribution in [0.15, 0.2) is 54.6 Å². The summed E-state index contributed by atoms with van der Waals surface area (Å²) in [6, 6.07) is 16.7. The Balaban J connectivity index is 1.33. The molecule has 0 radical (unpaired) electrons. The first kappa shape index (κ1) is 26.4. The molecule has 1 aliphatic rings. The fourth-order valence-corrected chi connectivity index (χ4v) is 4.69.